The highest BCUT2D eigenvalue weighted by molar-refractivity contribution is 7.17. The minimum absolute atomic E-state index is 0.362. The van der Waals surface area contributed by atoms with E-state index in [4.69, 9.17) is 10.5 Å². The summed E-state index contributed by atoms with van der Waals surface area (Å²) in [6, 6.07) is 5.91. The molecule has 0 saturated carbocycles. The van der Waals surface area contributed by atoms with Crippen molar-refractivity contribution in [1.82, 2.24) is 15.0 Å². The molecule has 1 aromatic carbocycles. The number of aryl methyl sites for hydroxylation is 1. The Morgan fingerprint density at radius 2 is 2.04 bits per heavy atom. The van der Waals surface area contributed by atoms with Crippen LogP contribution in [0.2, 0.25) is 0 Å². The van der Waals surface area contributed by atoms with Crippen LogP contribution in [0.25, 0.3) is 21.5 Å². The Morgan fingerprint density at radius 3 is 2.76 bits per heavy atom. The van der Waals surface area contributed by atoms with Crippen LogP contribution in [0.5, 0.6) is 5.75 Å². The summed E-state index contributed by atoms with van der Waals surface area (Å²) in [4.78, 5) is 13.2. The van der Waals surface area contributed by atoms with Crippen molar-refractivity contribution >= 4 is 21.6 Å². The lowest BCUT2D eigenvalue weighted by molar-refractivity contribution is 0.208. The quantitative estimate of drug-likeness (QED) is 0.716. The summed E-state index contributed by atoms with van der Waals surface area (Å²) >= 11 is 1.59. The van der Waals surface area contributed by atoms with E-state index >= 15 is 0 Å². The van der Waals surface area contributed by atoms with Gasteiger partial charge >= 0.3 is 0 Å². The summed E-state index contributed by atoms with van der Waals surface area (Å²) in [6.07, 6.45) is 2.69. The highest BCUT2D eigenvalue weighted by atomic mass is 32.1. The Bertz CT molecular complexity index is 873. The molecule has 6 heteroatoms. The van der Waals surface area contributed by atoms with Gasteiger partial charge in [-0.15, -0.1) is 11.3 Å². The van der Waals surface area contributed by atoms with E-state index in [9.17, 15) is 0 Å². The monoisotopic (exact) mass is 356 g/mol. The van der Waals surface area contributed by atoms with Crippen molar-refractivity contribution in [2.24, 2.45) is 11.7 Å². The van der Waals surface area contributed by atoms with Crippen LogP contribution in [0.4, 0.5) is 0 Å². The zero-order valence-corrected chi connectivity index (χ0v) is 15.9. The van der Waals surface area contributed by atoms with Crippen LogP contribution in [0.1, 0.15) is 33.0 Å². The Morgan fingerprint density at radius 1 is 1.24 bits per heavy atom. The van der Waals surface area contributed by atoms with E-state index in [-0.39, 0.29) is 5.54 Å². The van der Waals surface area contributed by atoms with Gasteiger partial charge in [-0.05, 0) is 44.4 Å². The van der Waals surface area contributed by atoms with Crippen molar-refractivity contribution in [2.45, 2.75) is 39.7 Å². The summed E-state index contributed by atoms with van der Waals surface area (Å²) in [7, 11) is 0. The molecule has 0 aliphatic rings. The highest BCUT2D eigenvalue weighted by Gasteiger charge is 2.22. The molecule has 1 unspecified atom stereocenters. The van der Waals surface area contributed by atoms with Crippen LogP contribution in [0.15, 0.2) is 29.9 Å². The molecule has 0 fully saturated rings. The molecular formula is C19H24N4OS. The molecule has 5 nitrogen and oxygen atoms in total. The molecule has 0 bridgehead atoms. The lowest BCUT2D eigenvalue weighted by Crippen LogP contribution is -2.43. The fourth-order valence-corrected chi connectivity index (χ4v) is 3.91. The number of nitrogens with two attached hydrogens (primary N) is 1. The molecule has 3 aromatic rings. The third-order valence-electron chi connectivity index (χ3n) is 3.93. The van der Waals surface area contributed by atoms with Gasteiger partial charge in [0.1, 0.15) is 23.7 Å². The third-order valence-corrected chi connectivity index (χ3v) is 4.79. The van der Waals surface area contributed by atoms with Crippen molar-refractivity contribution in [3.8, 4) is 17.0 Å². The zero-order valence-electron chi connectivity index (χ0n) is 15.1. The second kappa shape index (κ2) is 7.06. The lowest BCUT2D eigenvalue weighted by atomic mass is 9.93. The summed E-state index contributed by atoms with van der Waals surface area (Å²) in [5.41, 5.74) is 10.6. The number of thiazole rings is 1. The fraction of sp³-hybridized carbons (Fsp3) is 0.421. The molecule has 2 aromatic heterocycles. The minimum Gasteiger partial charge on any atom is -0.489 e. The van der Waals surface area contributed by atoms with E-state index in [1.165, 1.54) is 0 Å². The second-order valence-corrected chi connectivity index (χ2v) is 8.03. The fourth-order valence-electron chi connectivity index (χ4n) is 3.08. The normalized spacial score (nSPS) is 14.0. The van der Waals surface area contributed by atoms with Gasteiger partial charge < -0.3 is 10.5 Å². The van der Waals surface area contributed by atoms with Gasteiger partial charge in [-0.2, -0.15) is 0 Å². The van der Waals surface area contributed by atoms with Crippen LogP contribution in [0.3, 0.4) is 0 Å². The lowest BCUT2D eigenvalue weighted by Gasteiger charge is -2.26. The maximum atomic E-state index is 6.36. The summed E-state index contributed by atoms with van der Waals surface area (Å²) in [5, 5.41) is 0. The average molecular weight is 356 g/mol. The number of hydrogen-bond donors (Lipinski definition) is 1. The van der Waals surface area contributed by atoms with Gasteiger partial charge in [0.2, 0.25) is 0 Å². The van der Waals surface area contributed by atoms with Crippen molar-refractivity contribution in [3.63, 3.8) is 0 Å². The van der Waals surface area contributed by atoms with Crippen LogP contribution < -0.4 is 10.5 Å². The largest absolute Gasteiger partial charge is 0.489 e. The molecule has 3 rings (SSSR count). The SMILES string of the molecule is Cc1nccc(-c2ccc(OCC(C)(N)CC(C)C)c3ncsc23)n1. The molecule has 0 radical (unpaired) electrons. The van der Waals surface area contributed by atoms with Gasteiger partial charge in [0.25, 0.3) is 0 Å². The van der Waals surface area contributed by atoms with Crippen LogP contribution in [0, 0.1) is 12.8 Å². The molecule has 2 heterocycles. The van der Waals surface area contributed by atoms with E-state index in [2.05, 4.69) is 28.8 Å². The molecule has 0 spiro atoms. The van der Waals surface area contributed by atoms with E-state index < -0.39 is 0 Å². The van der Waals surface area contributed by atoms with Gasteiger partial charge in [-0.3, -0.25) is 0 Å². The Balaban J connectivity index is 1.90. The maximum Gasteiger partial charge on any atom is 0.146 e. The van der Waals surface area contributed by atoms with Crippen molar-refractivity contribution in [3.05, 3.63) is 35.7 Å². The summed E-state index contributed by atoms with van der Waals surface area (Å²) in [5.74, 6) is 2.05. The molecule has 0 aliphatic carbocycles. The van der Waals surface area contributed by atoms with E-state index in [0.717, 1.165) is 39.5 Å². The first kappa shape index (κ1) is 17.8. The predicted octanol–water partition coefficient (Wildman–Crippen LogP) is 4.20. The molecule has 132 valence electrons. The number of fused-ring (bicyclic) bond motifs is 1. The third kappa shape index (κ3) is 4.14. The smallest absolute Gasteiger partial charge is 0.146 e. The van der Waals surface area contributed by atoms with Gasteiger partial charge in [0, 0.05) is 17.3 Å². The first-order valence-corrected chi connectivity index (χ1v) is 9.31. The molecule has 0 aliphatic heterocycles. The molecule has 2 N–H and O–H groups in total. The van der Waals surface area contributed by atoms with Gasteiger partial charge in [0.05, 0.1) is 15.9 Å². The topological polar surface area (TPSA) is 73.9 Å². The zero-order chi connectivity index (χ0) is 18.0. The Labute approximate surface area is 152 Å². The first-order valence-electron chi connectivity index (χ1n) is 8.43. The predicted molar refractivity (Wildman–Crippen MR) is 103 cm³/mol. The van der Waals surface area contributed by atoms with Crippen molar-refractivity contribution < 1.29 is 4.74 Å². The van der Waals surface area contributed by atoms with Crippen LogP contribution >= 0.6 is 11.3 Å². The van der Waals surface area contributed by atoms with Gasteiger partial charge in [-0.25, -0.2) is 15.0 Å². The number of benzene rings is 1. The highest BCUT2D eigenvalue weighted by Crippen LogP contribution is 2.36. The average Bonchev–Trinajstić information content (AvgIpc) is 3.01. The summed E-state index contributed by atoms with van der Waals surface area (Å²) in [6.45, 7) is 8.72. The Kier molecular flexibility index (Phi) is 5.01. The van der Waals surface area contributed by atoms with Crippen LogP contribution in [-0.2, 0) is 0 Å². The number of hydrogen-bond acceptors (Lipinski definition) is 6. The first-order chi connectivity index (χ1) is 11.9. The molecule has 0 saturated heterocycles. The standard InChI is InChI=1S/C19H24N4OS/c1-12(2)9-19(4,20)10-24-16-6-5-14(18-17(16)22-11-25-18)15-7-8-21-13(3)23-15/h5-8,11-12H,9-10,20H2,1-4H3. The van der Waals surface area contributed by atoms with Gasteiger partial charge in [0.15, 0.2) is 0 Å². The molecular weight excluding hydrogens is 332 g/mol. The molecule has 1 atom stereocenters. The molecule has 25 heavy (non-hydrogen) atoms. The Hall–Kier alpha value is -2.05. The number of rotatable bonds is 6. The van der Waals surface area contributed by atoms with Crippen molar-refractivity contribution in [2.75, 3.05) is 6.61 Å². The molecule has 0 amide bonds. The van der Waals surface area contributed by atoms with E-state index in [0.29, 0.717) is 12.5 Å². The summed E-state index contributed by atoms with van der Waals surface area (Å²) < 4.78 is 7.11. The van der Waals surface area contributed by atoms with E-state index in [1.807, 2.05) is 37.6 Å². The van der Waals surface area contributed by atoms with Crippen LogP contribution in [-0.4, -0.2) is 27.1 Å². The number of ether oxygens (including phenoxy) is 1. The second-order valence-electron chi connectivity index (χ2n) is 7.17. The number of aromatic nitrogens is 3. The number of nitrogens with zero attached hydrogens (tertiary/aromatic N) is 3. The minimum atomic E-state index is -0.362. The van der Waals surface area contributed by atoms with E-state index in [1.54, 1.807) is 17.5 Å². The maximum absolute atomic E-state index is 6.36. The van der Waals surface area contributed by atoms with Gasteiger partial charge in [-0.1, -0.05) is 13.8 Å². The van der Waals surface area contributed by atoms with Crippen molar-refractivity contribution in [1.29, 1.82) is 0 Å².